The number of aliphatic hydroxyl groups is 1. The molecule has 2 heteroatoms. The molecule has 2 rings (SSSR count). The molecule has 1 saturated carbocycles. The lowest BCUT2D eigenvalue weighted by molar-refractivity contribution is -0.0699. The van der Waals surface area contributed by atoms with Gasteiger partial charge in [-0.05, 0) is 29.2 Å². The molecule has 1 aliphatic carbocycles. The van der Waals surface area contributed by atoms with Crippen LogP contribution in [-0.4, -0.2) is 17.3 Å². The molecule has 0 heterocycles. The Bertz CT molecular complexity index is 382. The first-order chi connectivity index (χ1) is 7.90. The summed E-state index contributed by atoms with van der Waals surface area (Å²) in [6, 6.07) is 10.4. The summed E-state index contributed by atoms with van der Waals surface area (Å²) in [4.78, 5) is 0. The summed E-state index contributed by atoms with van der Waals surface area (Å²) in [5, 5.41) is 10.8. The zero-order valence-electron chi connectivity index (χ0n) is 11.0. The summed E-state index contributed by atoms with van der Waals surface area (Å²) in [6.45, 7) is 6.55. The molecule has 0 saturated heterocycles. The van der Waals surface area contributed by atoms with Crippen molar-refractivity contribution in [1.82, 2.24) is 0 Å². The minimum absolute atomic E-state index is 0.171. The number of rotatable bonds is 3. The summed E-state index contributed by atoms with van der Waals surface area (Å²) in [5.74, 6) is 0.777. The van der Waals surface area contributed by atoms with Crippen molar-refractivity contribution in [2.24, 2.45) is 17.1 Å². The van der Waals surface area contributed by atoms with Crippen molar-refractivity contribution in [3.05, 3.63) is 35.9 Å². The van der Waals surface area contributed by atoms with Gasteiger partial charge in [0.15, 0.2) is 0 Å². The molecule has 3 unspecified atom stereocenters. The molecule has 0 aromatic heterocycles. The van der Waals surface area contributed by atoms with Crippen LogP contribution >= 0.6 is 0 Å². The second kappa shape index (κ2) is 4.11. The van der Waals surface area contributed by atoms with Gasteiger partial charge in [0.05, 0.1) is 5.60 Å². The third-order valence-electron chi connectivity index (χ3n) is 4.24. The van der Waals surface area contributed by atoms with Gasteiger partial charge in [0, 0.05) is 6.54 Å². The van der Waals surface area contributed by atoms with Crippen molar-refractivity contribution in [2.75, 3.05) is 6.54 Å². The minimum atomic E-state index is -0.756. The molecule has 2 nitrogen and oxygen atoms in total. The van der Waals surface area contributed by atoms with Crippen LogP contribution in [0, 0.1) is 11.3 Å². The maximum absolute atomic E-state index is 10.8. The first kappa shape index (κ1) is 12.6. The lowest BCUT2D eigenvalue weighted by Crippen LogP contribution is -2.51. The average molecular weight is 233 g/mol. The van der Waals surface area contributed by atoms with Crippen LogP contribution in [0.5, 0.6) is 0 Å². The average Bonchev–Trinajstić information content (AvgIpc) is 3.08. The summed E-state index contributed by atoms with van der Waals surface area (Å²) >= 11 is 0. The van der Waals surface area contributed by atoms with Gasteiger partial charge in [-0.25, -0.2) is 0 Å². The van der Waals surface area contributed by atoms with E-state index in [0.29, 0.717) is 18.4 Å². The Hall–Kier alpha value is -0.860. The van der Waals surface area contributed by atoms with Gasteiger partial charge in [0.1, 0.15) is 0 Å². The molecule has 94 valence electrons. The third-order valence-corrected chi connectivity index (χ3v) is 4.24. The highest BCUT2D eigenvalue weighted by Gasteiger charge is 2.56. The van der Waals surface area contributed by atoms with Gasteiger partial charge in [-0.2, -0.15) is 0 Å². The molecule has 1 aromatic carbocycles. The molecule has 3 atom stereocenters. The predicted octanol–water partition coefficient (Wildman–Crippen LogP) is 2.53. The Kier molecular flexibility index (Phi) is 3.04. The van der Waals surface area contributed by atoms with Gasteiger partial charge in [-0.1, -0.05) is 51.1 Å². The summed E-state index contributed by atoms with van der Waals surface area (Å²) in [5.41, 5.74) is 6.22. The molecule has 1 aliphatic rings. The number of hydrogen-bond donors (Lipinski definition) is 2. The Morgan fingerprint density at radius 3 is 2.29 bits per heavy atom. The molecule has 1 fully saturated rings. The van der Waals surface area contributed by atoms with Crippen LogP contribution in [0.4, 0.5) is 0 Å². The van der Waals surface area contributed by atoms with Crippen LogP contribution in [0.1, 0.15) is 38.7 Å². The van der Waals surface area contributed by atoms with Crippen LogP contribution in [0.15, 0.2) is 30.3 Å². The highest BCUT2D eigenvalue weighted by Crippen LogP contribution is 2.57. The molecule has 3 N–H and O–H groups in total. The molecule has 1 aromatic rings. The largest absolute Gasteiger partial charge is 0.388 e. The fraction of sp³-hybridized carbons (Fsp3) is 0.600. The third kappa shape index (κ3) is 2.12. The highest BCUT2D eigenvalue weighted by molar-refractivity contribution is 5.28. The molecule has 0 amide bonds. The highest BCUT2D eigenvalue weighted by atomic mass is 16.3. The first-order valence-corrected chi connectivity index (χ1v) is 6.37. The molecule has 17 heavy (non-hydrogen) atoms. The zero-order valence-corrected chi connectivity index (χ0v) is 11.0. The Morgan fingerprint density at radius 1 is 1.24 bits per heavy atom. The maximum Gasteiger partial charge on any atom is 0.0851 e. The smallest absolute Gasteiger partial charge is 0.0851 e. The topological polar surface area (TPSA) is 46.2 Å². The quantitative estimate of drug-likeness (QED) is 0.842. The van der Waals surface area contributed by atoms with E-state index in [1.807, 2.05) is 6.07 Å². The Balaban J connectivity index is 2.17. The van der Waals surface area contributed by atoms with E-state index in [1.54, 1.807) is 0 Å². The van der Waals surface area contributed by atoms with Crippen molar-refractivity contribution in [3.63, 3.8) is 0 Å². The Labute approximate surface area is 104 Å². The van der Waals surface area contributed by atoms with Crippen LogP contribution in [-0.2, 0) is 0 Å². The van der Waals surface area contributed by atoms with Crippen LogP contribution < -0.4 is 5.73 Å². The molecule has 0 aliphatic heterocycles. The van der Waals surface area contributed by atoms with Gasteiger partial charge in [-0.15, -0.1) is 0 Å². The van der Waals surface area contributed by atoms with Gasteiger partial charge in [0.25, 0.3) is 0 Å². The minimum Gasteiger partial charge on any atom is -0.388 e. The van der Waals surface area contributed by atoms with E-state index in [4.69, 9.17) is 5.73 Å². The lowest BCUT2D eigenvalue weighted by Gasteiger charge is -2.40. The lowest BCUT2D eigenvalue weighted by atomic mass is 9.72. The number of benzene rings is 1. The van der Waals surface area contributed by atoms with E-state index < -0.39 is 5.60 Å². The van der Waals surface area contributed by atoms with E-state index in [1.165, 1.54) is 5.56 Å². The molecular weight excluding hydrogens is 210 g/mol. The normalized spacial score (nSPS) is 27.6. The molecular formula is C15H23NO. The summed E-state index contributed by atoms with van der Waals surface area (Å²) in [6.07, 6.45) is 1.05. The van der Waals surface area contributed by atoms with E-state index in [0.717, 1.165) is 6.42 Å². The monoisotopic (exact) mass is 233 g/mol. The Morgan fingerprint density at radius 2 is 1.82 bits per heavy atom. The summed E-state index contributed by atoms with van der Waals surface area (Å²) in [7, 11) is 0. The van der Waals surface area contributed by atoms with E-state index in [-0.39, 0.29) is 5.41 Å². The van der Waals surface area contributed by atoms with Crippen molar-refractivity contribution in [2.45, 2.75) is 38.7 Å². The van der Waals surface area contributed by atoms with Crippen molar-refractivity contribution in [1.29, 1.82) is 0 Å². The molecule has 0 radical (unpaired) electrons. The first-order valence-electron chi connectivity index (χ1n) is 6.37. The van der Waals surface area contributed by atoms with Crippen LogP contribution in [0.3, 0.4) is 0 Å². The van der Waals surface area contributed by atoms with Gasteiger partial charge in [0.2, 0.25) is 0 Å². The van der Waals surface area contributed by atoms with Gasteiger partial charge >= 0.3 is 0 Å². The molecule has 0 spiro atoms. The number of hydrogen-bond acceptors (Lipinski definition) is 2. The predicted molar refractivity (Wildman–Crippen MR) is 70.7 cm³/mol. The van der Waals surface area contributed by atoms with Crippen molar-refractivity contribution >= 4 is 0 Å². The van der Waals surface area contributed by atoms with E-state index in [9.17, 15) is 5.11 Å². The standard InChI is InChI=1S/C15H23NO/c1-14(2,3)15(17,10-16)13-9-12(13)11-7-5-4-6-8-11/h4-8,12-13,17H,9-10,16H2,1-3H3. The van der Waals surface area contributed by atoms with E-state index in [2.05, 4.69) is 45.0 Å². The van der Waals surface area contributed by atoms with Crippen LogP contribution in [0.25, 0.3) is 0 Å². The maximum atomic E-state index is 10.8. The van der Waals surface area contributed by atoms with E-state index >= 15 is 0 Å². The zero-order chi connectivity index (χ0) is 12.7. The second-order valence-electron chi connectivity index (χ2n) is 6.24. The van der Waals surface area contributed by atoms with Crippen molar-refractivity contribution in [3.8, 4) is 0 Å². The fourth-order valence-corrected chi connectivity index (χ4v) is 2.81. The summed E-state index contributed by atoms with van der Waals surface area (Å²) < 4.78 is 0. The van der Waals surface area contributed by atoms with Crippen LogP contribution in [0.2, 0.25) is 0 Å². The second-order valence-corrected chi connectivity index (χ2v) is 6.24. The van der Waals surface area contributed by atoms with Gasteiger partial charge in [-0.3, -0.25) is 0 Å². The van der Waals surface area contributed by atoms with Crippen molar-refractivity contribution < 1.29 is 5.11 Å². The fourth-order valence-electron chi connectivity index (χ4n) is 2.81. The van der Waals surface area contributed by atoms with Gasteiger partial charge < -0.3 is 10.8 Å². The SMILES string of the molecule is CC(C)(C)C(O)(CN)C1CC1c1ccccc1. The number of nitrogens with two attached hydrogens (primary N) is 1. The molecule has 0 bridgehead atoms.